The molecular weight excluding hydrogens is 312 g/mol. The first-order chi connectivity index (χ1) is 11.3. The smallest absolute Gasteiger partial charge is 0.260 e. The van der Waals surface area contributed by atoms with Crippen LogP contribution in [0.25, 0.3) is 0 Å². The summed E-state index contributed by atoms with van der Waals surface area (Å²) in [6, 6.07) is 11.1. The van der Waals surface area contributed by atoms with Crippen LogP contribution in [0.4, 0.5) is 0 Å². The number of methoxy groups -OCH3 is 1. The van der Waals surface area contributed by atoms with Gasteiger partial charge in [-0.15, -0.1) is 11.3 Å². The Bertz CT molecular complexity index is 718. The summed E-state index contributed by atoms with van der Waals surface area (Å²) >= 11 is 1.62. The molecule has 0 bridgehead atoms. The Labute approximate surface area is 138 Å². The Hall–Kier alpha value is -2.60. The summed E-state index contributed by atoms with van der Waals surface area (Å²) in [4.78, 5) is 19.9. The van der Waals surface area contributed by atoms with E-state index in [0.29, 0.717) is 24.5 Å². The molecule has 1 amide bonds. The van der Waals surface area contributed by atoms with Crippen LogP contribution in [0, 0.1) is 0 Å². The highest BCUT2D eigenvalue weighted by atomic mass is 32.1. The fraction of sp³-hybridized carbons (Fsp3) is 0.176. The highest BCUT2D eigenvalue weighted by molar-refractivity contribution is 7.09. The van der Waals surface area contributed by atoms with E-state index >= 15 is 0 Å². The monoisotopic (exact) mass is 328 g/mol. The summed E-state index contributed by atoms with van der Waals surface area (Å²) < 4.78 is 10.6. The third kappa shape index (κ3) is 3.60. The van der Waals surface area contributed by atoms with Crippen LogP contribution < -0.4 is 4.74 Å². The molecule has 0 fully saturated rings. The lowest BCUT2D eigenvalue weighted by Gasteiger charge is -2.21. The number of hydrogen-bond donors (Lipinski definition) is 0. The van der Waals surface area contributed by atoms with Crippen molar-refractivity contribution in [1.82, 2.24) is 9.88 Å². The van der Waals surface area contributed by atoms with Crippen LogP contribution in [0.2, 0.25) is 0 Å². The molecule has 0 aliphatic carbocycles. The first-order valence-electron chi connectivity index (χ1n) is 7.11. The van der Waals surface area contributed by atoms with Gasteiger partial charge in [0.05, 0.1) is 26.5 Å². The zero-order chi connectivity index (χ0) is 16.1. The predicted molar refractivity (Wildman–Crippen MR) is 87.4 cm³/mol. The molecule has 0 atom stereocenters. The molecular formula is C17H16N2O3S. The number of rotatable bonds is 6. The minimum atomic E-state index is -0.139. The summed E-state index contributed by atoms with van der Waals surface area (Å²) in [7, 11) is 1.51. The zero-order valence-corrected chi connectivity index (χ0v) is 13.5. The number of hydrogen-bond acceptors (Lipinski definition) is 5. The zero-order valence-electron chi connectivity index (χ0n) is 12.6. The second-order valence-electron chi connectivity index (χ2n) is 4.88. The first-order valence-corrected chi connectivity index (χ1v) is 7.99. The average molecular weight is 328 g/mol. The van der Waals surface area contributed by atoms with E-state index in [2.05, 4.69) is 4.98 Å². The highest BCUT2D eigenvalue weighted by Crippen LogP contribution is 2.21. The van der Waals surface area contributed by atoms with E-state index in [0.717, 1.165) is 10.6 Å². The molecule has 0 aromatic carbocycles. The summed E-state index contributed by atoms with van der Waals surface area (Å²) in [5.41, 5.74) is 0.443. The average Bonchev–Trinajstić information content (AvgIpc) is 3.27. The Kier molecular flexibility index (Phi) is 4.73. The fourth-order valence-corrected chi connectivity index (χ4v) is 2.99. The summed E-state index contributed by atoms with van der Waals surface area (Å²) in [5, 5.41) is 2.00. The van der Waals surface area contributed by atoms with Crippen molar-refractivity contribution in [1.29, 1.82) is 0 Å². The number of carbonyl (C=O) groups is 1. The number of furan rings is 1. The van der Waals surface area contributed by atoms with Crippen molar-refractivity contribution in [2.24, 2.45) is 0 Å². The van der Waals surface area contributed by atoms with Gasteiger partial charge < -0.3 is 14.1 Å². The number of aromatic nitrogens is 1. The van der Waals surface area contributed by atoms with Crippen LogP contribution >= 0.6 is 11.3 Å². The molecule has 0 N–H and O–H groups in total. The van der Waals surface area contributed by atoms with E-state index in [4.69, 9.17) is 9.15 Å². The molecule has 6 heteroatoms. The molecule has 3 rings (SSSR count). The SMILES string of the molecule is COc1ncccc1C(=O)N(Cc1ccco1)Cc1cccs1. The number of carbonyl (C=O) groups excluding carboxylic acids is 1. The molecule has 3 aromatic heterocycles. The minimum Gasteiger partial charge on any atom is -0.480 e. The predicted octanol–water partition coefficient (Wildman–Crippen LogP) is 3.59. The second kappa shape index (κ2) is 7.11. The molecule has 23 heavy (non-hydrogen) atoms. The number of amides is 1. The molecule has 0 radical (unpaired) electrons. The van der Waals surface area contributed by atoms with Gasteiger partial charge in [0.2, 0.25) is 5.88 Å². The Morgan fingerprint density at radius 2 is 2.17 bits per heavy atom. The van der Waals surface area contributed by atoms with Crippen LogP contribution in [0.5, 0.6) is 5.88 Å². The molecule has 0 unspecified atom stereocenters. The molecule has 3 heterocycles. The molecule has 0 spiro atoms. The van der Waals surface area contributed by atoms with Gasteiger partial charge in [-0.3, -0.25) is 4.79 Å². The standard InChI is InChI=1S/C17H16N2O3S/c1-21-16-15(7-2-8-18-16)17(20)19(11-13-5-3-9-22-13)12-14-6-4-10-23-14/h2-10H,11-12H2,1H3. The van der Waals surface area contributed by atoms with E-state index in [1.807, 2.05) is 29.6 Å². The van der Waals surface area contributed by atoms with Crippen molar-refractivity contribution in [3.63, 3.8) is 0 Å². The van der Waals surface area contributed by atoms with Gasteiger partial charge >= 0.3 is 0 Å². The molecule has 118 valence electrons. The highest BCUT2D eigenvalue weighted by Gasteiger charge is 2.22. The molecule has 0 saturated carbocycles. The maximum atomic E-state index is 12.9. The van der Waals surface area contributed by atoms with Crippen molar-refractivity contribution in [3.05, 3.63) is 70.4 Å². The van der Waals surface area contributed by atoms with Gasteiger partial charge in [0.1, 0.15) is 11.3 Å². The normalized spacial score (nSPS) is 10.5. The molecule has 3 aromatic rings. The number of ether oxygens (including phenoxy) is 1. The van der Waals surface area contributed by atoms with Gasteiger partial charge in [0, 0.05) is 11.1 Å². The number of pyridine rings is 1. The van der Waals surface area contributed by atoms with E-state index in [1.165, 1.54) is 7.11 Å². The molecule has 5 nitrogen and oxygen atoms in total. The quantitative estimate of drug-likeness (QED) is 0.694. The van der Waals surface area contributed by atoms with E-state index in [9.17, 15) is 4.79 Å². The fourth-order valence-electron chi connectivity index (χ4n) is 2.27. The van der Waals surface area contributed by atoms with Gasteiger partial charge in [-0.05, 0) is 35.7 Å². The number of nitrogens with zero attached hydrogens (tertiary/aromatic N) is 2. The third-order valence-electron chi connectivity index (χ3n) is 3.34. The summed E-state index contributed by atoms with van der Waals surface area (Å²) in [5.74, 6) is 0.922. The lowest BCUT2D eigenvalue weighted by Crippen LogP contribution is -2.30. The van der Waals surface area contributed by atoms with Crippen molar-refractivity contribution in [3.8, 4) is 5.88 Å². The van der Waals surface area contributed by atoms with E-state index < -0.39 is 0 Å². The van der Waals surface area contributed by atoms with Crippen LogP contribution in [-0.2, 0) is 13.1 Å². The van der Waals surface area contributed by atoms with E-state index in [1.54, 1.807) is 40.8 Å². The van der Waals surface area contributed by atoms with Gasteiger partial charge in [0.25, 0.3) is 5.91 Å². The minimum absolute atomic E-state index is 0.139. The maximum absolute atomic E-state index is 12.9. The van der Waals surface area contributed by atoms with Crippen LogP contribution in [-0.4, -0.2) is 22.9 Å². The summed E-state index contributed by atoms with van der Waals surface area (Å²) in [6.45, 7) is 0.900. The molecule has 0 aliphatic rings. The Balaban J connectivity index is 1.88. The number of thiophene rings is 1. The maximum Gasteiger partial charge on any atom is 0.260 e. The third-order valence-corrected chi connectivity index (χ3v) is 4.20. The molecule has 0 aliphatic heterocycles. The second-order valence-corrected chi connectivity index (χ2v) is 5.91. The van der Waals surface area contributed by atoms with Gasteiger partial charge in [-0.1, -0.05) is 6.07 Å². The lowest BCUT2D eigenvalue weighted by atomic mass is 10.2. The Morgan fingerprint density at radius 3 is 2.87 bits per heavy atom. The Morgan fingerprint density at radius 1 is 1.26 bits per heavy atom. The van der Waals surface area contributed by atoms with Crippen LogP contribution in [0.1, 0.15) is 21.0 Å². The largest absolute Gasteiger partial charge is 0.480 e. The van der Waals surface area contributed by atoms with Crippen LogP contribution in [0.3, 0.4) is 0 Å². The van der Waals surface area contributed by atoms with Crippen LogP contribution in [0.15, 0.2) is 58.7 Å². The van der Waals surface area contributed by atoms with Crippen molar-refractivity contribution in [2.75, 3.05) is 7.11 Å². The lowest BCUT2D eigenvalue weighted by molar-refractivity contribution is 0.0715. The molecule has 0 saturated heterocycles. The first kappa shape index (κ1) is 15.3. The van der Waals surface area contributed by atoms with Gasteiger partial charge in [-0.2, -0.15) is 0 Å². The summed E-state index contributed by atoms with van der Waals surface area (Å²) in [6.07, 6.45) is 3.21. The van der Waals surface area contributed by atoms with Crippen molar-refractivity contribution in [2.45, 2.75) is 13.1 Å². The van der Waals surface area contributed by atoms with Gasteiger partial charge in [0.15, 0.2) is 0 Å². The van der Waals surface area contributed by atoms with Crippen molar-refractivity contribution < 1.29 is 13.9 Å². The topological polar surface area (TPSA) is 55.6 Å². The van der Waals surface area contributed by atoms with E-state index in [-0.39, 0.29) is 5.91 Å². The van der Waals surface area contributed by atoms with Crippen molar-refractivity contribution >= 4 is 17.2 Å². The van der Waals surface area contributed by atoms with Gasteiger partial charge in [-0.25, -0.2) is 4.98 Å².